The molecule has 3 heteroatoms. The first-order valence-corrected chi connectivity index (χ1v) is 8.28. The van der Waals surface area contributed by atoms with E-state index in [1.165, 1.54) is 39.0 Å². The van der Waals surface area contributed by atoms with Crippen molar-refractivity contribution in [3.63, 3.8) is 0 Å². The van der Waals surface area contributed by atoms with Crippen molar-refractivity contribution in [2.24, 2.45) is 5.41 Å². The van der Waals surface area contributed by atoms with Crippen LogP contribution in [-0.2, 0) is 32.6 Å². The first-order valence-electron chi connectivity index (χ1n) is 8.28. The smallest absolute Gasteiger partial charge is 1.00 e. The zero-order valence-corrected chi connectivity index (χ0v) is 20.0. The van der Waals surface area contributed by atoms with Crippen molar-refractivity contribution in [2.75, 3.05) is 0 Å². The molecule has 2 aromatic carbocycles. The number of hydrogen-bond donors (Lipinski definition) is 0. The number of benzene rings is 2. The minimum absolute atomic E-state index is 0. The van der Waals surface area contributed by atoms with Crippen LogP contribution in [-0.4, -0.2) is 0 Å². The quantitative estimate of drug-likeness (QED) is 0.418. The minimum atomic E-state index is 0. The summed E-state index contributed by atoms with van der Waals surface area (Å²) in [7, 11) is 0. The average Bonchev–Trinajstić information content (AvgIpc) is 2.99. The second kappa shape index (κ2) is 10.1. The van der Waals surface area contributed by atoms with Gasteiger partial charge in [-0.1, -0.05) is 68.5 Å². The van der Waals surface area contributed by atoms with E-state index in [0.29, 0.717) is 0 Å². The molecule has 0 saturated heterocycles. The van der Waals surface area contributed by atoms with Gasteiger partial charge in [0.1, 0.15) is 0 Å². The third-order valence-electron chi connectivity index (χ3n) is 5.18. The summed E-state index contributed by atoms with van der Waals surface area (Å²) in [6.07, 6.45) is 4.48. The van der Waals surface area contributed by atoms with Gasteiger partial charge in [-0.3, -0.25) is 6.08 Å². The summed E-state index contributed by atoms with van der Waals surface area (Å²) in [5, 5.41) is 0. The largest absolute Gasteiger partial charge is 4.00 e. The van der Waals surface area contributed by atoms with Crippen molar-refractivity contribution in [2.45, 2.75) is 41.0 Å². The van der Waals surface area contributed by atoms with Crippen molar-refractivity contribution in [1.29, 1.82) is 0 Å². The molecule has 0 heterocycles. The van der Waals surface area contributed by atoms with Gasteiger partial charge in [-0.2, -0.15) is 41.0 Å². The molecular weight excluding hydrogens is 438 g/mol. The Morgan fingerprint density at radius 2 is 1.50 bits per heavy atom. The topological polar surface area (TPSA) is 0 Å². The zero-order valence-electron chi connectivity index (χ0n) is 16.0. The molecule has 134 valence electrons. The Hall–Kier alpha value is -0.617. The Labute approximate surface area is 190 Å². The van der Waals surface area contributed by atoms with Crippen LogP contribution in [0.15, 0.2) is 59.2 Å². The Balaban J connectivity index is 0.000000445. The predicted molar refractivity (Wildman–Crippen MR) is 98.1 cm³/mol. The predicted octanol–water partition coefficient (Wildman–Crippen LogP) is 0.176. The molecule has 0 radical (unpaired) electrons. The molecule has 4 rings (SSSR count). The van der Waals surface area contributed by atoms with Gasteiger partial charge in [-0.05, 0) is 6.42 Å². The van der Waals surface area contributed by atoms with Crippen molar-refractivity contribution < 1.29 is 51.0 Å². The van der Waals surface area contributed by atoms with E-state index in [4.69, 9.17) is 0 Å². The minimum Gasteiger partial charge on any atom is -1.00 e. The van der Waals surface area contributed by atoms with Crippen LogP contribution >= 0.6 is 0 Å². The number of hydrogen-bond acceptors (Lipinski definition) is 0. The molecule has 0 N–H and O–H groups in total. The van der Waals surface area contributed by atoms with E-state index in [-0.39, 0.29) is 56.4 Å². The third kappa shape index (κ3) is 5.00. The number of fused-ring (bicyclic) bond motifs is 3. The maximum Gasteiger partial charge on any atom is 4.00 e. The molecule has 0 unspecified atom stereocenters. The molecule has 0 aromatic heterocycles. The second-order valence-corrected chi connectivity index (χ2v) is 7.02. The molecule has 0 fully saturated rings. The summed E-state index contributed by atoms with van der Waals surface area (Å²) < 4.78 is 0. The van der Waals surface area contributed by atoms with Crippen LogP contribution in [0.4, 0.5) is 0 Å². The molecule has 2 aliphatic rings. The van der Waals surface area contributed by atoms with Crippen molar-refractivity contribution in [3.05, 3.63) is 82.5 Å². The van der Waals surface area contributed by atoms with E-state index in [9.17, 15) is 0 Å². The molecule has 0 bridgehead atoms. The number of allylic oxidation sites excluding steroid dienone is 4. The van der Waals surface area contributed by atoms with Crippen LogP contribution in [0.1, 0.15) is 45.7 Å². The summed E-state index contributed by atoms with van der Waals surface area (Å²) in [5.74, 6) is 0. The third-order valence-corrected chi connectivity index (χ3v) is 5.18. The van der Waals surface area contributed by atoms with Crippen LogP contribution in [0.25, 0.3) is 11.1 Å². The molecule has 0 nitrogen and oxygen atoms in total. The second-order valence-electron chi connectivity index (χ2n) is 7.02. The van der Waals surface area contributed by atoms with Gasteiger partial charge in [0.2, 0.25) is 0 Å². The van der Waals surface area contributed by atoms with E-state index in [0.717, 1.165) is 6.42 Å². The van der Waals surface area contributed by atoms with Crippen LogP contribution in [0.5, 0.6) is 0 Å². The fraction of sp³-hybridized carbons (Fsp3) is 0.304. The number of halogens is 2. The molecule has 0 amide bonds. The van der Waals surface area contributed by atoms with Gasteiger partial charge in [-0.25, -0.2) is 5.57 Å². The van der Waals surface area contributed by atoms with Crippen molar-refractivity contribution in [1.82, 2.24) is 0 Å². The Bertz CT molecular complexity index is 773. The molecule has 26 heavy (non-hydrogen) atoms. The van der Waals surface area contributed by atoms with Crippen LogP contribution in [0, 0.1) is 17.6 Å². The van der Waals surface area contributed by atoms with E-state index in [1.807, 2.05) is 6.07 Å². The molecule has 0 atom stereocenters. The molecular formula is C23H24Cl2Zr. The van der Waals surface area contributed by atoms with Gasteiger partial charge in [0, 0.05) is 0 Å². The summed E-state index contributed by atoms with van der Waals surface area (Å²) in [4.78, 5) is 0. The zero-order chi connectivity index (χ0) is 16.6. The standard InChI is InChI=1S/C13H9.C10H15.2ClH.Zr/c1-3-7-12-10(5-1)9-11-6-2-4-8-13(11)12;1-7-6-10(4,5)9(3)8(7)2;;;/h1-5,7-8H,9H2;1-5H3;2*1H;/q2*-1;;;+4/p-2. The fourth-order valence-electron chi connectivity index (χ4n) is 3.40. The first kappa shape index (κ1) is 25.4. The van der Waals surface area contributed by atoms with Gasteiger partial charge in [-0.15, -0.1) is 12.5 Å². The van der Waals surface area contributed by atoms with Gasteiger partial charge in [0.25, 0.3) is 0 Å². The fourth-order valence-corrected chi connectivity index (χ4v) is 3.40. The molecule has 0 aliphatic heterocycles. The molecule has 0 spiro atoms. The Kier molecular flexibility index (Phi) is 9.83. The first-order chi connectivity index (χ1) is 10.9. The van der Waals surface area contributed by atoms with Gasteiger partial charge < -0.3 is 24.8 Å². The van der Waals surface area contributed by atoms with Crippen LogP contribution < -0.4 is 24.8 Å². The van der Waals surface area contributed by atoms with Gasteiger partial charge in [0.05, 0.1) is 0 Å². The maximum atomic E-state index is 3.44. The maximum absolute atomic E-state index is 3.44. The van der Waals surface area contributed by atoms with Gasteiger partial charge >= 0.3 is 26.2 Å². The van der Waals surface area contributed by atoms with E-state index >= 15 is 0 Å². The number of rotatable bonds is 0. The Morgan fingerprint density at radius 1 is 0.885 bits per heavy atom. The average molecular weight is 463 g/mol. The van der Waals surface area contributed by atoms with E-state index < -0.39 is 0 Å². The Morgan fingerprint density at radius 3 is 2.04 bits per heavy atom. The monoisotopic (exact) mass is 460 g/mol. The molecule has 2 aromatic rings. The summed E-state index contributed by atoms with van der Waals surface area (Å²) >= 11 is 0. The van der Waals surface area contributed by atoms with Crippen LogP contribution in [0.3, 0.4) is 0 Å². The summed E-state index contributed by atoms with van der Waals surface area (Å²) in [5.41, 5.74) is 9.90. The van der Waals surface area contributed by atoms with Crippen molar-refractivity contribution in [3.8, 4) is 11.1 Å². The van der Waals surface area contributed by atoms with Crippen LogP contribution in [0.2, 0.25) is 0 Å². The normalized spacial score (nSPS) is 15.2. The summed E-state index contributed by atoms with van der Waals surface area (Å²) in [6.45, 7) is 10.9. The SMILES string of the molecule is CC1=[C-]C(C)(C)C(C)=C1C.[Cl-].[Cl-].[Zr+4].[c-]1cccc2c1Cc1ccccc1-2. The van der Waals surface area contributed by atoms with Gasteiger partial charge in [0.15, 0.2) is 0 Å². The molecule has 2 aliphatic carbocycles. The molecule has 0 saturated carbocycles. The van der Waals surface area contributed by atoms with E-state index in [2.05, 4.69) is 83.2 Å². The van der Waals surface area contributed by atoms with E-state index in [1.54, 1.807) is 0 Å². The summed E-state index contributed by atoms with van der Waals surface area (Å²) in [6, 6.07) is 18.1. The van der Waals surface area contributed by atoms with Crippen molar-refractivity contribution >= 4 is 0 Å².